The Balaban J connectivity index is 2.31. The number of anilines is 1. The lowest BCUT2D eigenvalue weighted by molar-refractivity contribution is -0.384. The minimum atomic E-state index is -3.85. The van der Waals surface area contributed by atoms with Crippen molar-refractivity contribution in [1.82, 2.24) is 0 Å². The van der Waals surface area contributed by atoms with E-state index in [4.69, 9.17) is 0 Å². The van der Waals surface area contributed by atoms with Gasteiger partial charge in [0.25, 0.3) is 15.7 Å². The highest BCUT2D eigenvalue weighted by atomic mass is 32.2. The smallest absolute Gasteiger partial charge is 0.269 e. The van der Waals surface area contributed by atoms with E-state index in [1.165, 1.54) is 18.2 Å². The molecule has 0 saturated heterocycles. The molecule has 7 nitrogen and oxygen atoms in total. The van der Waals surface area contributed by atoms with E-state index in [9.17, 15) is 23.6 Å². The fraction of sp³-hybridized carbons (Fsp3) is 0.0769. The summed E-state index contributed by atoms with van der Waals surface area (Å²) in [5.74, 6) is 0.0331. The van der Waals surface area contributed by atoms with Crippen molar-refractivity contribution in [2.75, 3.05) is 4.72 Å². The van der Waals surface area contributed by atoms with Gasteiger partial charge in [0.2, 0.25) is 0 Å². The van der Waals surface area contributed by atoms with Crippen molar-refractivity contribution >= 4 is 21.4 Å². The zero-order valence-electron chi connectivity index (χ0n) is 11.0. The SMILES string of the molecule is Cc1cc(O)ccc1NS(=O)(=O)c1ccc([N+](=O)[O-])cc1. The molecular weight excluding hydrogens is 296 g/mol. The second-order valence-corrected chi connectivity index (χ2v) is 6.04. The van der Waals surface area contributed by atoms with Crippen molar-refractivity contribution in [3.63, 3.8) is 0 Å². The number of aromatic hydroxyl groups is 1. The van der Waals surface area contributed by atoms with Crippen molar-refractivity contribution in [2.45, 2.75) is 11.8 Å². The van der Waals surface area contributed by atoms with Gasteiger partial charge in [-0.3, -0.25) is 14.8 Å². The molecule has 0 aliphatic rings. The highest BCUT2D eigenvalue weighted by Crippen LogP contribution is 2.24. The normalized spacial score (nSPS) is 11.1. The molecule has 2 N–H and O–H groups in total. The van der Waals surface area contributed by atoms with Crippen LogP contribution in [0.5, 0.6) is 5.75 Å². The third-order valence-corrected chi connectivity index (χ3v) is 4.19. The van der Waals surface area contributed by atoms with Crippen LogP contribution in [-0.2, 0) is 10.0 Å². The van der Waals surface area contributed by atoms with Crippen LogP contribution in [0.3, 0.4) is 0 Å². The van der Waals surface area contributed by atoms with Gasteiger partial charge in [0.1, 0.15) is 5.75 Å². The number of sulfonamides is 1. The van der Waals surface area contributed by atoms with E-state index in [2.05, 4.69) is 4.72 Å². The van der Waals surface area contributed by atoms with Crippen LogP contribution in [-0.4, -0.2) is 18.4 Å². The standard InChI is InChI=1S/C13H12N2O5S/c1-9-8-11(16)4-7-13(9)14-21(19,20)12-5-2-10(3-6-12)15(17)18/h2-8,14,16H,1H3. The van der Waals surface area contributed by atoms with Crippen molar-refractivity contribution in [1.29, 1.82) is 0 Å². The van der Waals surface area contributed by atoms with Crippen LogP contribution in [0.2, 0.25) is 0 Å². The third kappa shape index (κ3) is 3.29. The van der Waals surface area contributed by atoms with Gasteiger partial charge in [0.15, 0.2) is 0 Å². The van der Waals surface area contributed by atoms with Crippen LogP contribution in [0.1, 0.15) is 5.56 Å². The lowest BCUT2D eigenvalue weighted by atomic mass is 10.2. The molecule has 8 heteroatoms. The number of nitrogens with one attached hydrogen (secondary N) is 1. The van der Waals surface area contributed by atoms with Crippen LogP contribution in [0.4, 0.5) is 11.4 Å². The predicted molar refractivity (Wildman–Crippen MR) is 76.7 cm³/mol. The average molecular weight is 308 g/mol. The number of nitrogens with zero attached hydrogens (tertiary/aromatic N) is 1. The third-order valence-electron chi connectivity index (χ3n) is 2.81. The number of nitro benzene ring substituents is 1. The Morgan fingerprint density at radius 3 is 2.29 bits per heavy atom. The Bertz CT molecular complexity index is 785. The molecule has 0 aliphatic carbocycles. The molecule has 0 atom stereocenters. The van der Waals surface area contributed by atoms with Gasteiger partial charge in [-0.25, -0.2) is 8.42 Å². The molecule has 2 aromatic rings. The van der Waals surface area contributed by atoms with E-state index in [-0.39, 0.29) is 16.3 Å². The zero-order chi connectivity index (χ0) is 15.6. The first kappa shape index (κ1) is 14.8. The van der Waals surface area contributed by atoms with Crippen LogP contribution < -0.4 is 4.72 Å². The summed E-state index contributed by atoms with van der Waals surface area (Å²) in [6.45, 7) is 1.65. The molecule has 0 aromatic heterocycles. The first-order valence-electron chi connectivity index (χ1n) is 5.86. The van der Waals surface area contributed by atoms with Crippen molar-refractivity contribution in [3.8, 4) is 5.75 Å². The highest BCUT2D eigenvalue weighted by molar-refractivity contribution is 7.92. The summed E-state index contributed by atoms with van der Waals surface area (Å²) >= 11 is 0. The molecule has 0 unspecified atom stereocenters. The minimum absolute atomic E-state index is 0.0331. The minimum Gasteiger partial charge on any atom is -0.508 e. The van der Waals surface area contributed by atoms with Crippen molar-refractivity contribution in [3.05, 3.63) is 58.1 Å². The topological polar surface area (TPSA) is 110 Å². The molecule has 0 saturated carbocycles. The number of non-ortho nitro benzene ring substituents is 1. The van der Waals surface area contributed by atoms with Crippen LogP contribution >= 0.6 is 0 Å². The molecule has 110 valence electrons. The summed E-state index contributed by atoms with van der Waals surface area (Å²) in [7, 11) is -3.85. The summed E-state index contributed by atoms with van der Waals surface area (Å²) in [5.41, 5.74) is 0.696. The molecule has 0 bridgehead atoms. The first-order chi connectivity index (χ1) is 9.79. The predicted octanol–water partition coefficient (Wildman–Crippen LogP) is 2.41. The molecule has 2 aromatic carbocycles. The number of phenols is 1. The van der Waals surface area contributed by atoms with Gasteiger partial charge < -0.3 is 5.11 Å². The molecule has 2 rings (SSSR count). The average Bonchev–Trinajstić information content (AvgIpc) is 2.42. The molecule has 21 heavy (non-hydrogen) atoms. The highest BCUT2D eigenvalue weighted by Gasteiger charge is 2.16. The van der Waals surface area contributed by atoms with Gasteiger partial charge in [-0.15, -0.1) is 0 Å². The number of nitro groups is 1. The van der Waals surface area contributed by atoms with E-state index < -0.39 is 14.9 Å². The number of aryl methyl sites for hydroxylation is 1. The van der Waals surface area contributed by atoms with Gasteiger partial charge in [0, 0.05) is 12.1 Å². The van der Waals surface area contributed by atoms with Crippen molar-refractivity contribution in [2.24, 2.45) is 0 Å². The molecule has 0 spiro atoms. The van der Waals surface area contributed by atoms with E-state index in [1.54, 1.807) is 6.92 Å². The number of rotatable bonds is 4. The van der Waals surface area contributed by atoms with Gasteiger partial charge >= 0.3 is 0 Å². The van der Waals surface area contributed by atoms with Gasteiger partial charge in [-0.1, -0.05) is 0 Å². The molecule has 0 heterocycles. The second kappa shape index (κ2) is 5.41. The van der Waals surface area contributed by atoms with Gasteiger partial charge in [0.05, 0.1) is 15.5 Å². The van der Waals surface area contributed by atoms with Crippen molar-refractivity contribution < 1.29 is 18.4 Å². The summed E-state index contributed by atoms with van der Waals surface area (Å²) in [4.78, 5) is 9.86. The monoisotopic (exact) mass is 308 g/mol. The Morgan fingerprint density at radius 1 is 1.14 bits per heavy atom. The molecule has 0 amide bonds. The molecule has 0 aliphatic heterocycles. The lowest BCUT2D eigenvalue weighted by Gasteiger charge is -2.10. The molecular formula is C13H12N2O5S. The fourth-order valence-electron chi connectivity index (χ4n) is 1.71. The van der Waals surface area contributed by atoms with E-state index in [1.807, 2.05) is 0 Å². The Hall–Kier alpha value is -2.61. The Labute approximate surface area is 121 Å². The lowest BCUT2D eigenvalue weighted by Crippen LogP contribution is -2.13. The summed E-state index contributed by atoms with van der Waals surface area (Å²) in [6.07, 6.45) is 0. The van der Waals surface area contributed by atoms with Crippen LogP contribution in [0, 0.1) is 17.0 Å². The van der Waals surface area contributed by atoms with Gasteiger partial charge in [-0.05, 0) is 42.8 Å². The summed E-state index contributed by atoms with van der Waals surface area (Å²) in [6, 6.07) is 8.80. The quantitative estimate of drug-likeness (QED) is 0.512. The zero-order valence-corrected chi connectivity index (χ0v) is 11.8. The molecule has 0 radical (unpaired) electrons. The first-order valence-corrected chi connectivity index (χ1v) is 7.35. The van der Waals surface area contributed by atoms with Crippen LogP contribution in [0.15, 0.2) is 47.4 Å². The second-order valence-electron chi connectivity index (χ2n) is 4.36. The molecule has 0 fully saturated rings. The summed E-state index contributed by atoms with van der Waals surface area (Å²) < 4.78 is 26.7. The maximum atomic E-state index is 12.2. The maximum absolute atomic E-state index is 12.2. The number of benzene rings is 2. The van der Waals surface area contributed by atoms with E-state index in [0.29, 0.717) is 11.3 Å². The fourth-order valence-corrected chi connectivity index (χ4v) is 2.84. The van der Waals surface area contributed by atoms with E-state index in [0.717, 1.165) is 24.3 Å². The Morgan fingerprint density at radius 2 is 1.76 bits per heavy atom. The Kier molecular flexibility index (Phi) is 3.81. The van der Waals surface area contributed by atoms with Crippen LogP contribution in [0.25, 0.3) is 0 Å². The number of hydrogen-bond donors (Lipinski definition) is 2. The van der Waals surface area contributed by atoms with E-state index >= 15 is 0 Å². The number of phenolic OH excluding ortho intramolecular Hbond substituents is 1. The maximum Gasteiger partial charge on any atom is 0.269 e. The largest absolute Gasteiger partial charge is 0.508 e. The summed E-state index contributed by atoms with van der Waals surface area (Å²) in [5, 5.41) is 19.8. The van der Waals surface area contributed by atoms with Gasteiger partial charge in [-0.2, -0.15) is 0 Å². The number of hydrogen-bond acceptors (Lipinski definition) is 5.